The van der Waals surface area contributed by atoms with Crippen molar-refractivity contribution in [2.75, 3.05) is 18.1 Å². The van der Waals surface area contributed by atoms with Crippen LogP contribution in [0.15, 0.2) is 47.4 Å². The number of aromatic hydroxyl groups is 1. The molecule has 1 aliphatic rings. The Hall–Kier alpha value is -2.51. The second-order valence-electron chi connectivity index (χ2n) is 5.58. The molecule has 1 amide bonds. The minimum atomic E-state index is -0.205. The van der Waals surface area contributed by atoms with Gasteiger partial charge in [-0.3, -0.25) is 9.69 Å². The number of nitrogens with zero attached hydrogens (tertiary/aromatic N) is 1. The average molecular weight is 402 g/mol. The maximum atomic E-state index is 13.0. The van der Waals surface area contributed by atoms with E-state index in [0.717, 1.165) is 5.56 Å². The minimum absolute atomic E-state index is 0.0622. The molecule has 140 valence electrons. The van der Waals surface area contributed by atoms with E-state index in [-0.39, 0.29) is 11.7 Å². The van der Waals surface area contributed by atoms with Crippen molar-refractivity contribution in [3.8, 4) is 17.2 Å². The van der Waals surface area contributed by atoms with Crippen LogP contribution in [0.5, 0.6) is 17.2 Å². The van der Waals surface area contributed by atoms with Crippen LogP contribution < -0.4 is 14.4 Å². The topological polar surface area (TPSA) is 59.0 Å². The quantitative estimate of drug-likeness (QED) is 0.564. The number of carbonyl (C=O) groups excluding carboxylic acids is 1. The molecule has 0 radical (unpaired) electrons. The van der Waals surface area contributed by atoms with Gasteiger partial charge in [0, 0.05) is 0 Å². The first-order chi connectivity index (χ1) is 13.0. The van der Waals surface area contributed by atoms with Crippen molar-refractivity contribution in [3.63, 3.8) is 0 Å². The van der Waals surface area contributed by atoms with Gasteiger partial charge in [0.15, 0.2) is 15.8 Å². The number of carbonyl (C=O) groups is 1. The second kappa shape index (κ2) is 8.45. The summed E-state index contributed by atoms with van der Waals surface area (Å²) in [5, 5.41) is 9.83. The lowest BCUT2D eigenvalue weighted by atomic mass is 10.2. The molecular formula is C20H19NO4S2. The highest BCUT2D eigenvalue weighted by molar-refractivity contribution is 8.27. The van der Waals surface area contributed by atoms with Gasteiger partial charge >= 0.3 is 0 Å². The van der Waals surface area contributed by atoms with Crippen molar-refractivity contribution in [1.82, 2.24) is 0 Å². The van der Waals surface area contributed by atoms with Crippen molar-refractivity contribution in [2.24, 2.45) is 0 Å². The summed E-state index contributed by atoms with van der Waals surface area (Å²) in [5.41, 5.74) is 1.38. The van der Waals surface area contributed by atoms with Crippen molar-refractivity contribution in [3.05, 3.63) is 52.9 Å². The van der Waals surface area contributed by atoms with Crippen molar-refractivity contribution in [2.45, 2.75) is 13.8 Å². The summed E-state index contributed by atoms with van der Waals surface area (Å²) >= 11 is 6.66. The molecule has 5 nitrogen and oxygen atoms in total. The van der Waals surface area contributed by atoms with Gasteiger partial charge in [-0.05, 0) is 49.8 Å². The van der Waals surface area contributed by atoms with E-state index in [0.29, 0.717) is 39.6 Å². The third-order valence-electron chi connectivity index (χ3n) is 3.78. The van der Waals surface area contributed by atoms with Crippen LogP contribution in [-0.4, -0.2) is 28.5 Å². The van der Waals surface area contributed by atoms with E-state index >= 15 is 0 Å². The predicted molar refractivity (Wildman–Crippen MR) is 113 cm³/mol. The zero-order valence-corrected chi connectivity index (χ0v) is 16.6. The smallest absolute Gasteiger partial charge is 0.270 e. The molecule has 0 aromatic heterocycles. The normalized spacial score (nSPS) is 15.5. The van der Waals surface area contributed by atoms with E-state index in [2.05, 4.69) is 0 Å². The molecule has 1 N–H and O–H groups in total. The minimum Gasteiger partial charge on any atom is -0.504 e. The molecule has 7 heteroatoms. The molecule has 2 aromatic carbocycles. The molecule has 1 heterocycles. The first kappa shape index (κ1) is 19.3. The molecule has 0 bridgehead atoms. The van der Waals surface area contributed by atoms with Gasteiger partial charge in [-0.15, -0.1) is 0 Å². The van der Waals surface area contributed by atoms with Gasteiger partial charge in [0.2, 0.25) is 0 Å². The summed E-state index contributed by atoms with van der Waals surface area (Å²) < 4.78 is 11.5. The summed E-state index contributed by atoms with van der Waals surface area (Å²) in [7, 11) is 0. The number of benzene rings is 2. The number of thiocarbonyl (C=S) groups is 1. The molecule has 0 saturated carbocycles. The summed E-state index contributed by atoms with van der Waals surface area (Å²) in [6.45, 7) is 4.66. The number of hydrogen-bond acceptors (Lipinski definition) is 6. The number of thioether (sulfide) groups is 1. The van der Waals surface area contributed by atoms with E-state index < -0.39 is 0 Å². The lowest BCUT2D eigenvalue weighted by Gasteiger charge is -2.18. The first-order valence-corrected chi connectivity index (χ1v) is 9.73. The van der Waals surface area contributed by atoms with Gasteiger partial charge < -0.3 is 14.6 Å². The Bertz CT molecular complexity index is 911. The second-order valence-corrected chi connectivity index (χ2v) is 7.25. The summed E-state index contributed by atoms with van der Waals surface area (Å²) in [6, 6.07) is 12.3. The monoisotopic (exact) mass is 401 g/mol. The van der Waals surface area contributed by atoms with Crippen molar-refractivity contribution in [1.29, 1.82) is 0 Å². The third kappa shape index (κ3) is 4.09. The highest BCUT2D eigenvalue weighted by atomic mass is 32.2. The first-order valence-electron chi connectivity index (χ1n) is 8.50. The molecule has 1 aliphatic heterocycles. The Balaban J connectivity index is 1.93. The molecule has 27 heavy (non-hydrogen) atoms. The molecule has 0 aliphatic carbocycles. The third-order valence-corrected chi connectivity index (χ3v) is 5.08. The van der Waals surface area contributed by atoms with Crippen LogP contribution >= 0.6 is 24.0 Å². The number of phenolic OH excluding ortho intramolecular Hbond substituents is 1. The number of amides is 1. The van der Waals surface area contributed by atoms with Crippen LogP contribution in [0.1, 0.15) is 19.4 Å². The lowest BCUT2D eigenvalue weighted by Crippen LogP contribution is -2.28. The predicted octanol–water partition coefficient (Wildman–Crippen LogP) is 4.60. The van der Waals surface area contributed by atoms with E-state index in [1.807, 2.05) is 38.1 Å². The maximum absolute atomic E-state index is 13.0. The van der Waals surface area contributed by atoms with Crippen LogP contribution in [0.3, 0.4) is 0 Å². The number of para-hydroxylation sites is 2. The van der Waals surface area contributed by atoms with Crippen molar-refractivity contribution >= 4 is 46.0 Å². The molecule has 0 atom stereocenters. The molecule has 2 aromatic rings. The maximum Gasteiger partial charge on any atom is 0.270 e. The van der Waals surface area contributed by atoms with Gasteiger partial charge in [0.05, 0.1) is 23.8 Å². The number of anilines is 1. The Morgan fingerprint density at radius 2 is 1.81 bits per heavy atom. The number of hydrogen-bond donors (Lipinski definition) is 1. The van der Waals surface area contributed by atoms with Gasteiger partial charge in [-0.1, -0.05) is 42.2 Å². The summed E-state index contributed by atoms with van der Waals surface area (Å²) in [6.07, 6.45) is 1.74. The van der Waals surface area contributed by atoms with Crippen LogP contribution in [0, 0.1) is 0 Å². The van der Waals surface area contributed by atoms with E-state index in [4.69, 9.17) is 21.7 Å². The Morgan fingerprint density at radius 3 is 2.56 bits per heavy atom. The largest absolute Gasteiger partial charge is 0.504 e. The zero-order valence-electron chi connectivity index (χ0n) is 15.0. The Kier molecular flexibility index (Phi) is 6.03. The van der Waals surface area contributed by atoms with Crippen LogP contribution in [0.25, 0.3) is 6.08 Å². The number of ether oxygens (including phenoxy) is 2. The standard InChI is InChI=1S/C20H19NO4S2/c1-3-24-16-8-6-5-7-14(16)21-19(23)18(27-20(21)26)12-13-9-10-15(22)17(11-13)25-4-2/h5-12,22H,3-4H2,1-2H3/b18-12-. The molecule has 0 unspecified atom stereocenters. The highest BCUT2D eigenvalue weighted by Gasteiger charge is 2.34. The van der Waals surface area contributed by atoms with E-state index in [1.54, 1.807) is 24.3 Å². The lowest BCUT2D eigenvalue weighted by molar-refractivity contribution is -0.113. The van der Waals surface area contributed by atoms with Crippen LogP contribution in [-0.2, 0) is 4.79 Å². The Labute approximate surface area is 167 Å². The van der Waals surface area contributed by atoms with Gasteiger partial charge in [-0.2, -0.15) is 0 Å². The molecule has 0 spiro atoms. The van der Waals surface area contributed by atoms with Crippen LogP contribution in [0.2, 0.25) is 0 Å². The van der Waals surface area contributed by atoms with Gasteiger partial charge in [0.25, 0.3) is 5.91 Å². The van der Waals surface area contributed by atoms with Gasteiger partial charge in [-0.25, -0.2) is 0 Å². The van der Waals surface area contributed by atoms with E-state index in [9.17, 15) is 9.90 Å². The highest BCUT2D eigenvalue weighted by Crippen LogP contribution is 2.40. The van der Waals surface area contributed by atoms with E-state index in [1.165, 1.54) is 16.7 Å². The fourth-order valence-corrected chi connectivity index (χ4v) is 3.92. The molecule has 1 fully saturated rings. The zero-order chi connectivity index (χ0) is 19.4. The number of rotatable bonds is 6. The molecular weight excluding hydrogens is 382 g/mol. The summed E-state index contributed by atoms with van der Waals surface area (Å²) in [4.78, 5) is 15.0. The van der Waals surface area contributed by atoms with Crippen LogP contribution in [0.4, 0.5) is 5.69 Å². The Morgan fingerprint density at radius 1 is 1.11 bits per heavy atom. The molecule has 3 rings (SSSR count). The SMILES string of the molecule is CCOc1cc(/C=C2\SC(=S)N(c3ccccc3OCC)C2=O)ccc1O. The average Bonchev–Trinajstić information content (AvgIpc) is 2.92. The fourth-order valence-electron chi connectivity index (χ4n) is 2.64. The van der Waals surface area contributed by atoms with Crippen molar-refractivity contribution < 1.29 is 19.4 Å². The fraction of sp³-hybridized carbons (Fsp3) is 0.200. The molecule has 1 saturated heterocycles. The number of phenols is 1. The summed E-state index contributed by atoms with van der Waals surface area (Å²) in [5.74, 6) is 0.847. The van der Waals surface area contributed by atoms with Gasteiger partial charge in [0.1, 0.15) is 5.75 Å².